The summed E-state index contributed by atoms with van der Waals surface area (Å²) >= 11 is 0. The summed E-state index contributed by atoms with van der Waals surface area (Å²) in [6, 6.07) is 10.1. The van der Waals surface area contributed by atoms with Gasteiger partial charge in [-0.05, 0) is 67.8 Å². The molecule has 1 aromatic carbocycles. The van der Waals surface area contributed by atoms with Crippen molar-refractivity contribution in [2.45, 2.75) is 76.9 Å². The van der Waals surface area contributed by atoms with Crippen LogP contribution < -0.4 is 5.32 Å². The van der Waals surface area contributed by atoms with E-state index in [1.807, 2.05) is 18.2 Å². The van der Waals surface area contributed by atoms with Gasteiger partial charge in [0.15, 0.2) is 0 Å². The Morgan fingerprint density at radius 1 is 1.24 bits per heavy atom. The first-order valence-corrected chi connectivity index (χ1v) is 12.8. The van der Waals surface area contributed by atoms with E-state index >= 15 is 0 Å². The molecular formula is C26H37BN2O5. The van der Waals surface area contributed by atoms with Crippen LogP contribution in [0.3, 0.4) is 0 Å². The number of rotatable bonds is 6. The molecule has 0 spiro atoms. The quantitative estimate of drug-likeness (QED) is 0.621. The van der Waals surface area contributed by atoms with Crippen LogP contribution in [0.15, 0.2) is 30.3 Å². The van der Waals surface area contributed by atoms with Crippen molar-refractivity contribution in [3.63, 3.8) is 0 Å². The molecule has 34 heavy (non-hydrogen) atoms. The second-order valence-corrected chi connectivity index (χ2v) is 11.6. The summed E-state index contributed by atoms with van der Waals surface area (Å²) in [6.07, 6.45) is 3.97. The number of hydrogen-bond donors (Lipinski definition) is 2. The molecule has 184 valence electrons. The smallest absolute Gasteiger partial charge is 0.465 e. The Morgan fingerprint density at radius 2 is 2.00 bits per heavy atom. The number of carbonyl (C=O) groups excluding carboxylic acids is 1. The molecule has 2 N–H and O–H groups in total. The predicted octanol–water partition coefficient (Wildman–Crippen LogP) is 3.76. The van der Waals surface area contributed by atoms with Crippen LogP contribution >= 0.6 is 0 Å². The monoisotopic (exact) mass is 468 g/mol. The lowest BCUT2D eigenvalue weighted by molar-refractivity contribution is -0.199. The van der Waals surface area contributed by atoms with Crippen molar-refractivity contribution < 1.29 is 24.0 Å². The maximum Gasteiger partial charge on any atom is 0.482 e. The van der Waals surface area contributed by atoms with E-state index in [1.54, 1.807) is 0 Å². The Kier molecular flexibility index (Phi) is 6.17. The van der Waals surface area contributed by atoms with Gasteiger partial charge in [0.1, 0.15) is 0 Å². The molecule has 8 heteroatoms. The maximum atomic E-state index is 13.1. The molecule has 5 aliphatic rings. The third-order valence-corrected chi connectivity index (χ3v) is 9.21. The van der Waals surface area contributed by atoms with Gasteiger partial charge in [-0.25, -0.2) is 4.79 Å². The lowest BCUT2D eigenvalue weighted by Crippen LogP contribution is -2.65. The van der Waals surface area contributed by atoms with Crippen LogP contribution in [0.1, 0.15) is 58.4 Å². The molecule has 2 saturated heterocycles. The number of nitrogens with zero attached hydrogens (tertiary/aromatic N) is 1. The van der Waals surface area contributed by atoms with Crippen LogP contribution in [-0.2, 0) is 20.5 Å². The zero-order valence-electron chi connectivity index (χ0n) is 20.5. The molecule has 0 radical (unpaired) electrons. The summed E-state index contributed by atoms with van der Waals surface area (Å²) in [6.45, 7) is 7.85. The molecule has 2 amide bonds. The molecule has 0 aromatic heterocycles. The van der Waals surface area contributed by atoms with Gasteiger partial charge < -0.3 is 24.6 Å². The summed E-state index contributed by atoms with van der Waals surface area (Å²) < 4.78 is 13.2. The molecule has 3 saturated carbocycles. The summed E-state index contributed by atoms with van der Waals surface area (Å²) in [5.41, 5.74) is 1.06. The molecule has 1 unspecified atom stereocenters. The summed E-state index contributed by atoms with van der Waals surface area (Å²) in [4.78, 5) is 25.9. The van der Waals surface area contributed by atoms with Crippen LogP contribution in [0, 0.1) is 23.2 Å². The average molecular weight is 468 g/mol. The zero-order valence-corrected chi connectivity index (χ0v) is 20.5. The Balaban J connectivity index is 1.28. The van der Waals surface area contributed by atoms with Crippen molar-refractivity contribution in [1.29, 1.82) is 0 Å². The van der Waals surface area contributed by atoms with Gasteiger partial charge in [0.2, 0.25) is 5.91 Å². The third-order valence-electron chi connectivity index (χ3n) is 9.21. The molecule has 7 nitrogen and oxygen atoms in total. The van der Waals surface area contributed by atoms with Gasteiger partial charge in [0.25, 0.3) is 0 Å². The minimum atomic E-state index is -0.906. The first kappa shape index (κ1) is 23.7. The molecule has 2 bridgehead atoms. The van der Waals surface area contributed by atoms with Crippen LogP contribution in [0.5, 0.6) is 0 Å². The van der Waals surface area contributed by atoms with Crippen LogP contribution in [0.2, 0.25) is 0 Å². The van der Waals surface area contributed by atoms with Crippen LogP contribution in [0.4, 0.5) is 4.79 Å². The zero-order chi connectivity index (χ0) is 24.1. The lowest BCUT2D eigenvalue weighted by Gasteiger charge is -2.64. The van der Waals surface area contributed by atoms with Gasteiger partial charge in [-0.3, -0.25) is 4.79 Å². The maximum absolute atomic E-state index is 13.1. The van der Waals surface area contributed by atoms with Crippen LogP contribution in [-0.4, -0.2) is 59.9 Å². The van der Waals surface area contributed by atoms with E-state index in [1.165, 1.54) is 11.3 Å². The first-order valence-electron chi connectivity index (χ1n) is 12.8. The number of amides is 2. The number of hydrogen-bond acceptors (Lipinski definition) is 4. The Labute approximate surface area is 202 Å². The second kappa shape index (κ2) is 8.87. The van der Waals surface area contributed by atoms with E-state index in [4.69, 9.17) is 9.31 Å². The Hall–Kier alpha value is -2.06. The molecule has 1 aromatic rings. The van der Waals surface area contributed by atoms with Crippen LogP contribution in [0.25, 0.3) is 0 Å². The number of carboxylic acid groups (broad SMARTS) is 1. The first-order chi connectivity index (χ1) is 16.2. The van der Waals surface area contributed by atoms with E-state index in [9.17, 15) is 14.7 Å². The number of piperidine rings is 1. The highest BCUT2D eigenvalue weighted by Crippen LogP contribution is 2.65. The van der Waals surface area contributed by atoms with Gasteiger partial charge >= 0.3 is 13.2 Å². The van der Waals surface area contributed by atoms with Gasteiger partial charge in [0.05, 0.1) is 17.6 Å². The standard InChI is InChI=1S/C26H37BN2O5/c1-25(2)19-14-20(25)26(3)21(15-19)33-27(34-26)22(12-17-8-5-4-6-9-17)28-23(30)13-18-10-7-11-29(16-18)24(31)32/h4-6,8-9,18-22H,7,10-16H2,1-3H3,(H,28,30)(H,31,32)/t18?,19-,20-,21+,22-,26-/m0/s1. The van der Waals surface area contributed by atoms with Gasteiger partial charge in [0, 0.05) is 19.5 Å². The number of nitrogens with one attached hydrogen (secondary N) is 1. The van der Waals surface area contributed by atoms with Crippen molar-refractivity contribution in [1.82, 2.24) is 10.2 Å². The van der Waals surface area contributed by atoms with E-state index < -0.39 is 13.2 Å². The SMILES string of the molecule is CC1(C)[C@@H]2C[C@H]3OB([C@H](Cc4ccccc4)NC(=O)CC4CCCN(C(=O)O)C4)O[C@@]3(C)[C@H]1C2. The molecule has 2 heterocycles. The fourth-order valence-corrected chi connectivity index (χ4v) is 7.09. The number of likely N-dealkylation sites (tertiary alicyclic amines) is 1. The van der Waals surface area contributed by atoms with Crippen molar-refractivity contribution in [3.8, 4) is 0 Å². The van der Waals surface area contributed by atoms with E-state index in [0.717, 1.165) is 24.8 Å². The highest BCUT2D eigenvalue weighted by Gasteiger charge is 2.68. The van der Waals surface area contributed by atoms with E-state index in [-0.39, 0.29) is 34.9 Å². The lowest BCUT2D eigenvalue weighted by atomic mass is 9.43. The van der Waals surface area contributed by atoms with Crippen molar-refractivity contribution in [2.75, 3.05) is 13.1 Å². The minimum Gasteiger partial charge on any atom is -0.465 e. The highest BCUT2D eigenvalue weighted by molar-refractivity contribution is 6.48. The summed E-state index contributed by atoms with van der Waals surface area (Å²) in [7, 11) is -0.490. The molecule has 5 fully saturated rings. The average Bonchev–Trinajstić information content (AvgIpc) is 3.16. The fourth-order valence-electron chi connectivity index (χ4n) is 7.09. The number of benzene rings is 1. The molecular weight excluding hydrogens is 431 g/mol. The second-order valence-electron chi connectivity index (χ2n) is 11.6. The molecule has 6 rings (SSSR count). The van der Waals surface area contributed by atoms with Crippen molar-refractivity contribution in [2.24, 2.45) is 23.2 Å². The Bertz CT molecular complexity index is 927. The fraction of sp³-hybridized carbons (Fsp3) is 0.692. The molecule has 3 aliphatic carbocycles. The van der Waals surface area contributed by atoms with Crippen molar-refractivity contribution >= 4 is 19.1 Å². The highest BCUT2D eigenvalue weighted by atomic mass is 16.7. The van der Waals surface area contributed by atoms with E-state index in [2.05, 4.69) is 38.2 Å². The summed E-state index contributed by atoms with van der Waals surface area (Å²) in [5, 5.41) is 12.5. The third kappa shape index (κ3) is 4.24. The molecule has 2 aliphatic heterocycles. The predicted molar refractivity (Wildman–Crippen MR) is 129 cm³/mol. The normalized spacial score (nSPS) is 34.7. The van der Waals surface area contributed by atoms with Gasteiger partial charge in [-0.1, -0.05) is 44.2 Å². The Morgan fingerprint density at radius 3 is 2.71 bits per heavy atom. The summed E-state index contributed by atoms with van der Waals surface area (Å²) in [5.74, 6) is 0.822. The molecule has 6 atom stereocenters. The largest absolute Gasteiger partial charge is 0.482 e. The minimum absolute atomic E-state index is 0.0424. The van der Waals surface area contributed by atoms with Crippen molar-refractivity contribution in [3.05, 3.63) is 35.9 Å². The van der Waals surface area contributed by atoms with E-state index in [0.29, 0.717) is 37.8 Å². The van der Waals surface area contributed by atoms with Gasteiger partial charge in [-0.2, -0.15) is 0 Å². The topological polar surface area (TPSA) is 88.1 Å². The number of carbonyl (C=O) groups is 2. The van der Waals surface area contributed by atoms with Gasteiger partial charge in [-0.15, -0.1) is 0 Å².